The van der Waals surface area contributed by atoms with Crippen LogP contribution < -0.4 is 4.74 Å². The molecule has 21 heavy (non-hydrogen) atoms. The molecule has 110 valence electrons. The van der Waals surface area contributed by atoms with Crippen molar-refractivity contribution >= 4 is 11.6 Å². The smallest absolute Gasteiger partial charge is 0.239 e. The molecule has 0 N–H and O–H groups in total. The van der Waals surface area contributed by atoms with Gasteiger partial charge in [0.05, 0.1) is 0 Å². The molecule has 1 aromatic carbocycles. The lowest BCUT2D eigenvalue weighted by Gasteiger charge is -2.16. The van der Waals surface area contributed by atoms with Crippen molar-refractivity contribution in [3.05, 3.63) is 46.9 Å². The van der Waals surface area contributed by atoms with Crippen LogP contribution in [0.3, 0.4) is 0 Å². The van der Waals surface area contributed by atoms with Crippen LogP contribution in [0.5, 0.6) is 11.6 Å². The summed E-state index contributed by atoms with van der Waals surface area (Å²) < 4.78 is 19.9. The fourth-order valence-electron chi connectivity index (χ4n) is 2.41. The Hall–Kier alpha value is -1.72. The molecule has 1 aromatic heterocycles. The number of aromatic nitrogens is 2. The molecule has 1 fully saturated rings. The average molecular weight is 308 g/mol. The number of hydrogen-bond donors (Lipinski definition) is 0. The van der Waals surface area contributed by atoms with Crippen molar-refractivity contribution in [2.45, 2.75) is 19.4 Å². The van der Waals surface area contributed by atoms with Crippen molar-refractivity contribution < 1.29 is 9.13 Å². The molecule has 1 aliphatic rings. The van der Waals surface area contributed by atoms with E-state index < -0.39 is 0 Å². The van der Waals surface area contributed by atoms with Crippen LogP contribution in [0.2, 0.25) is 5.15 Å². The van der Waals surface area contributed by atoms with Gasteiger partial charge in [-0.25, -0.2) is 4.39 Å². The minimum Gasteiger partial charge on any atom is -0.434 e. The molecule has 0 amide bonds. The molecule has 2 aromatic rings. The summed E-state index contributed by atoms with van der Waals surface area (Å²) >= 11 is 5.66. The number of halogens is 2. The summed E-state index contributed by atoms with van der Waals surface area (Å²) in [6.45, 7) is 2.65. The minimum absolute atomic E-state index is 0.156. The first-order valence-corrected chi connectivity index (χ1v) is 7.27. The largest absolute Gasteiger partial charge is 0.434 e. The molecular formula is C15H15ClFN3O. The molecule has 4 nitrogen and oxygen atoms in total. The van der Waals surface area contributed by atoms with Gasteiger partial charge in [-0.05, 0) is 38.1 Å². The van der Waals surface area contributed by atoms with Gasteiger partial charge < -0.3 is 4.74 Å². The lowest BCUT2D eigenvalue weighted by molar-refractivity contribution is 0.322. The van der Waals surface area contributed by atoms with Gasteiger partial charge in [0, 0.05) is 18.2 Å². The van der Waals surface area contributed by atoms with Crippen LogP contribution in [-0.4, -0.2) is 28.2 Å². The molecule has 0 saturated carbocycles. The molecule has 1 aliphatic heterocycles. The highest BCUT2D eigenvalue weighted by molar-refractivity contribution is 6.29. The van der Waals surface area contributed by atoms with Crippen LogP contribution in [0, 0.1) is 5.82 Å². The summed E-state index contributed by atoms with van der Waals surface area (Å²) in [5, 5.41) is 7.71. The van der Waals surface area contributed by atoms with Crippen molar-refractivity contribution in [3.63, 3.8) is 0 Å². The van der Waals surface area contributed by atoms with Crippen LogP contribution >= 0.6 is 11.6 Å². The molecule has 0 spiro atoms. The number of rotatable bonds is 4. The van der Waals surface area contributed by atoms with E-state index >= 15 is 0 Å². The molecule has 0 atom stereocenters. The Labute approximate surface area is 127 Å². The van der Waals surface area contributed by atoms with E-state index in [4.69, 9.17) is 16.3 Å². The summed E-state index contributed by atoms with van der Waals surface area (Å²) in [4.78, 5) is 2.24. The fourth-order valence-corrected chi connectivity index (χ4v) is 2.51. The molecule has 6 heteroatoms. The van der Waals surface area contributed by atoms with Gasteiger partial charge in [-0.15, -0.1) is 10.2 Å². The van der Waals surface area contributed by atoms with E-state index in [9.17, 15) is 4.39 Å². The molecule has 2 heterocycles. The van der Waals surface area contributed by atoms with Gasteiger partial charge in [-0.3, -0.25) is 4.90 Å². The first kappa shape index (κ1) is 14.2. The third-order valence-electron chi connectivity index (χ3n) is 3.46. The van der Waals surface area contributed by atoms with E-state index in [0.717, 1.165) is 13.1 Å². The SMILES string of the molecule is Fc1c(CN2CCCC2)cccc1Oc1ccc(Cl)nn1. The molecule has 1 saturated heterocycles. The Morgan fingerprint density at radius 2 is 1.95 bits per heavy atom. The molecule has 0 unspecified atom stereocenters. The Kier molecular flexibility index (Phi) is 4.31. The molecule has 0 aliphatic carbocycles. The predicted molar refractivity (Wildman–Crippen MR) is 78.0 cm³/mol. The fraction of sp³-hybridized carbons (Fsp3) is 0.333. The van der Waals surface area contributed by atoms with Gasteiger partial charge in [0.1, 0.15) is 0 Å². The Bertz CT molecular complexity index is 615. The second-order valence-corrected chi connectivity index (χ2v) is 5.40. The summed E-state index contributed by atoms with van der Waals surface area (Å²) in [7, 11) is 0. The second kappa shape index (κ2) is 6.37. The average Bonchev–Trinajstić information content (AvgIpc) is 2.99. The standard InChI is InChI=1S/C15H15ClFN3O/c16-13-6-7-14(19-18-13)21-12-5-3-4-11(15(12)17)10-20-8-1-2-9-20/h3-7H,1-2,8-10H2. The van der Waals surface area contributed by atoms with Crippen molar-refractivity contribution in [1.82, 2.24) is 15.1 Å². The second-order valence-electron chi connectivity index (χ2n) is 5.01. The molecular weight excluding hydrogens is 293 g/mol. The van der Waals surface area contributed by atoms with E-state index in [0.29, 0.717) is 12.1 Å². The zero-order chi connectivity index (χ0) is 14.7. The third-order valence-corrected chi connectivity index (χ3v) is 3.66. The molecule has 3 rings (SSSR count). The van der Waals surface area contributed by atoms with Gasteiger partial charge in [-0.2, -0.15) is 0 Å². The third kappa shape index (κ3) is 3.49. The predicted octanol–water partition coefficient (Wildman–Crippen LogP) is 3.66. The number of nitrogens with zero attached hydrogens (tertiary/aromatic N) is 3. The summed E-state index contributed by atoms with van der Waals surface area (Å²) in [5.74, 6) is 0.0288. The van der Waals surface area contributed by atoms with Gasteiger partial charge in [-0.1, -0.05) is 23.7 Å². The molecule has 0 radical (unpaired) electrons. The van der Waals surface area contributed by atoms with Crippen molar-refractivity contribution in [2.75, 3.05) is 13.1 Å². The van der Waals surface area contributed by atoms with Crippen molar-refractivity contribution in [2.24, 2.45) is 0 Å². The van der Waals surface area contributed by atoms with E-state index in [1.165, 1.54) is 12.8 Å². The Morgan fingerprint density at radius 3 is 2.67 bits per heavy atom. The van der Waals surface area contributed by atoms with Gasteiger partial charge in [0.15, 0.2) is 16.7 Å². The van der Waals surface area contributed by atoms with E-state index in [2.05, 4.69) is 15.1 Å². The summed E-state index contributed by atoms with van der Waals surface area (Å²) in [6, 6.07) is 8.26. The van der Waals surface area contributed by atoms with Crippen molar-refractivity contribution in [3.8, 4) is 11.6 Å². The van der Waals surface area contributed by atoms with Gasteiger partial charge in [0.2, 0.25) is 5.88 Å². The Morgan fingerprint density at radius 1 is 1.14 bits per heavy atom. The number of ether oxygens (including phenoxy) is 1. The number of likely N-dealkylation sites (tertiary alicyclic amines) is 1. The minimum atomic E-state index is -0.346. The van der Waals surface area contributed by atoms with Crippen LogP contribution in [0.15, 0.2) is 30.3 Å². The maximum absolute atomic E-state index is 14.5. The van der Waals surface area contributed by atoms with Crippen LogP contribution in [0.4, 0.5) is 4.39 Å². The Balaban J connectivity index is 1.77. The first-order valence-electron chi connectivity index (χ1n) is 6.89. The van der Waals surface area contributed by atoms with Crippen LogP contribution in [0.1, 0.15) is 18.4 Å². The number of hydrogen-bond acceptors (Lipinski definition) is 4. The zero-order valence-electron chi connectivity index (χ0n) is 11.4. The normalized spacial score (nSPS) is 15.3. The highest BCUT2D eigenvalue weighted by Crippen LogP contribution is 2.26. The van der Waals surface area contributed by atoms with Crippen LogP contribution in [0.25, 0.3) is 0 Å². The topological polar surface area (TPSA) is 38.2 Å². The maximum Gasteiger partial charge on any atom is 0.239 e. The van der Waals surface area contributed by atoms with Crippen molar-refractivity contribution in [1.29, 1.82) is 0 Å². The van der Waals surface area contributed by atoms with E-state index in [1.807, 2.05) is 0 Å². The van der Waals surface area contributed by atoms with E-state index in [1.54, 1.807) is 30.3 Å². The van der Waals surface area contributed by atoms with Crippen LogP contribution in [-0.2, 0) is 6.54 Å². The summed E-state index contributed by atoms with van der Waals surface area (Å²) in [6.07, 6.45) is 2.36. The van der Waals surface area contributed by atoms with Gasteiger partial charge >= 0.3 is 0 Å². The highest BCUT2D eigenvalue weighted by Gasteiger charge is 2.16. The summed E-state index contributed by atoms with van der Waals surface area (Å²) in [5.41, 5.74) is 0.635. The lowest BCUT2D eigenvalue weighted by Crippen LogP contribution is -2.19. The lowest BCUT2D eigenvalue weighted by atomic mass is 10.2. The first-order chi connectivity index (χ1) is 10.2. The quantitative estimate of drug-likeness (QED) is 0.864. The number of benzene rings is 1. The highest BCUT2D eigenvalue weighted by atomic mass is 35.5. The van der Waals surface area contributed by atoms with E-state index in [-0.39, 0.29) is 22.6 Å². The monoisotopic (exact) mass is 307 g/mol. The maximum atomic E-state index is 14.5. The zero-order valence-corrected chi connectivity index (χ0v) is 12.2. The van der Waals surface area contributed by atoms with Gasteiger partial charge in [0.25, 0.3) is 0 Å². The molecule has 0 bridgehead atoms.